The number of ether oxygens (including phenoxy) is 1. The first-order valence-electron chi connectivity index (χ1n) is 11.8. The zero-order valence-electron chi connectivity index (χ0n) is 19.4. The first-order valence-corrected chi connectivity index (χ1v) is 13.6. The Labute approximate surface area is 210 Å². The third-order valence-corrected chi connectivity index (χ3v) is 8.67. The van der Waals surface area contributed by atoms with E-state index in [0.717, 1.165) is 18.4 Å². The molecule has 0 saturated carbocycles. The van der Waals surface area contributed by atoms with Crippen LogP contribution in [0.25, 0.3) is 0 Å². The molecule has 1 aliphatic heterocycles. The largest absolute Gasteiger partial charge is 0.476 e. The fraction of sp³-hybridized carbons (Fsp3) is 0.296. The number of anilines is 1. The van der Waals surface area contributed by atoms with Crippen molar-refractivity contribution in [2.24, 2.45) is 0 Å². The van der Waals surface area contributed by atoms with E-state index < -0.39 is 16.1 Å². The van der Waals surface area contributed by atoms with Crippen molar-refractivity contribution in [1.82, 2.24) is 5.32 Å². The number of fused-ring (bicyclic) bond motifs is 2. The minimum absolute atomic E-state index is 0.134. The molecule has 0 aromatic heterocycles. The minimum atomic E-state index is -3.93. The van der Waals surface area contributed by atoms with Gasteiger partial charge in [0.2, 0.25) is 0 Å². The van der Waals surface area contributed by atoms with Crippen LogP contribution < -0.4 is 14.4 Å². The number of carbonyl (C=O) groups excluding carboxylic acids is 1. The Morgan fingerprint density at radius 3 is 2.54 bits per heavy atom. The fourth-order valence-corrected chi connectivity index (χ4v) is 6.38. The van der Waals surface area contributed by atoms with Gasteiger partial charge in [0.05, 0.1) is 23.2 Å². The number of amides is 1. The van der Waals surface area contributed by atoms with Crippen LogP contribution in [0.2, 0.25) is 5.02 Å². The molecule has 1 aliphatic carbocycles. The van der Waals surface area contributed by atoms with Crippen molar-refractivity contribution in [1.29, 1.82) is 0 Å². The molecule has 182 valence electrons. The molecule has 3 aromatic rings. The summed E-state index contributed by atoms with van der Waals surface area (Å²) in [5.41, 5.74) is 4.06. The summed E-state index contributed by atoms with van der Waals surface area (Å²) in [6, 6.07) is 19.0. The van der Waals surface area contributed by atoms with Crippen LogP contribution in [0.3, 0.4) is 0 Å². The lowest BCUT2D eigenvalue weighted by molar-refractivity contribution is -0.128. The molecule has 2 aliphatic rings. The summed E-state index contributed by atoms with van der Waals surface area (Å²) in [4.78, 5) is 13.4. The number of hydrogen-bond donors (Lipinski definition) is 1. The second kappa shape index (κ2) is 9.55. The van der Waals surface area contributed by atoms with Crippen LogP contribution >= 0.6 is 11.6 Å². The SMILES string of the molecule is C[C@H](NC(=O)[C@@H]1CN(S(=O)(=O)c2ccccc2)c2cc(Cl)ccc2O1)c1ccc2c(c1)CCCC2. The van der Waals surface area contributed by atoms with E-state index >= 15 is 0 Å². The maximum absolute atomic E-state index is 13.5. The second-order valence-corrected chi connectivity index (χ2v) is 11.3. The van der Waals surface area contributed by atoms with Crippen molar-refractivity contribution >= 4 is 33.2 Å². The highest BCUT2D eigenvalue weighted by Crippen LogP contribution is 2.39. The molecule has 0 bridgehead atoms. The van der Waals surface area contributed by atoms with Gasteiger partial charge in [-0.3, -0.25) is 9.10 Å². The number of benzene rings is 3. The number of nitrogens with zero attached hydrogens (tertiary/aromatic N) is 1. The van der Waals surface area contributed by atoms with Gasteiger partial charge in [-0.1, -0.05) is 48.0 Å². The molecular formula is C27H27ClN2O4S. The lowest BCUT2D eigenvalue weighted by atomic mass is 9.89. The normalized spacial score (nSPS) is 18.1. The first kappa shape index (κ1) is 23.7. The summed E-state index contributed by atoms with van der Waals surface area (Å²) < 4.78 is 34.2. The van der Waals surface area contributed by atoms with Crippen LogP contribution in [-0.2, 0) is 27.7 Å². The smallest absolute Gasteiger partial charge is 0.264 e. The van der Waals surface area contributed by atoms with Crippen LogP contribution in [0, 0.1) is 0 Å². The van der Waals surface area contributed by atoms with Gasteiger partial charge in [0.25, 0.3) is 15.9 Å². The summed E-state index contributed by atoms with van der Waals surface area (Å²) in [5.74, 6) is -0.0779. The number of hydrogen-bond acceptors (Lipinski definition) is 4. The highest BCUT2D eigenvalue weighted by Gasteiger charge is 2.38. The molecule has 8 heteroatoms. The van der Waals surface area contributed by atoms with Gasteiger partial charge in [0, 0.05) is 5.02 Å². The zero-order chi connectivity index (χ0) is 24.6. The lowest BCUT2D eigenvalue weighted by Gasteiger charge is -2.35. The Morgan fingerprint density at radius 1 is 1.03 bits per heavy atom. The summed E-state index contributed by atoms with van der Waals surface area (Å²) in [7, 11) is -3.93. The van der Waals surface area contributed by atoms with E-state index in [4.69, 9.17) is 16.3 Å². The summed E-state index contributed by atoms with van der Waals surface area (Å²) in [6.45, 7) is 1.77. The molecule has 0 spiro atoms. The Morgan fingerprint density at radius 2 is 1.77 bits per heavy atom. The van der Waals surface area contributed by atoms with E-state index in [2.05, 4.69) is 23.5 Å². The Hall–Kier alpha value is -3.03. The van der Waals surface area contributed by atoms with Crippen molar-refractivity contribution in [2.75, 3.05) is 10.8 Å². The van der Waals surface area contributed by atoms with Gasteiger partial charge >= 0.3 is 0 Å². The van der Waals surface area contributed by atoms with E-state index in [9.17, 15) is 13.2 Å². The highest BCUT2D eigenvalue weighted by molar-refractivity contribution is 7.92. The van der Waals surface area contributed by atoms with Crippen LogP contribution in [0.4, 0.5) is 5.69 Å². The lowest BCUT2D eigenvalue weighted by Crippen LogP contribution is -2.51. The predicted molar refractivity (Wildman–Crippen MR) is 136 cm³/mol. The molecule has 0 radical (unpaired) electrons. The number of rotatable bonds is 5. The van der Waals surface area contributed by atoms with Gasteiger partial charge in [0.15, 0.2) is 6.10 Å². The fourth-order valence-electron chi connectivity index (χ4n) is 4.72. The average Bonchev–Trinajstić information content (AvgIpc) is 2.88. The van der Waals surface area contributed by atoms with E-state index in [1.165, 1.54) is 40.4 Å². The van der Waals surface area contributed by atoms with Gasteiger partial charge in [0.1, 0.15) is 5.75 Å². The van der Waals surface area contributed by atoms with Crippen LogP contribution in [-0.4, -0.2) is 27.0 Å². The third kappa shape index (κ3) is 4.75. The van der Waals surface area contributed by atoms with E-state index in [0.29, 0.717) is 16.5 Å². The highest BCUT2D eigenvalue weighted by atomic mass is 35.5. The third-order valence-electron chi connectivity index (χ3n) is 6.65. The minimum Gasteiger partial charge on any atom is -0.476 e. The number of sulfonamides is 1. The zero-order valence-corrected chi connectivity index (χ0v) is 21.0. The second-order valence-electron chi connectivity index (χ2n) is 9.03. The summed E-state index contributed by atoms with van der Waals surface area (Å²) >= 11 is 6.17. The number of nitrogens with one attached hydrogen (secondary N) is 1. The molecule has 0 saturated heterocycles. The monoisotopic (exact) mass is 510 g/mol. The molecular weight excluding hydrogens is 484 g/mol. The van der Waals surface area contributed by atoms with Crippen LogP contribution in [0.5, 0.6) is 5.75 Å². The molecule has 2 atom stereocenters. The van der Waals surface area contributed by atoms with Crippen molar-refractivity contribution in [3.63, 3.8) is 0 Å². The maximum atomic E-state index is 13.5. The van der Waals surface area contributed by atoms with Gasteiger partial charge in [-0.15, -0.1) is 0 Å². The number of carbonyl (C=O) groups is 1. The topological polar surface area (TPSA) is 75.7 Å². The Kier molecular flexibility index (Phi) is 6.47. The first-order chi connectivity index (χ1) is 16.8. The molecule has 1 amide bonds. The van der Waals surface area contributed by atoms with Crippen LogP contribution in [0.1, 0.15) is 42.5 Å². The quantitative estimate of drug-likeness (QED) is 0.521. The molecule has 35 heavy (non-hydrogen) atoms. The molecule has 1 heterocycles. The molecule has 0 fully saturated rings. The standard InChI is InChI=1S/C27H27ClN2O4S/c1-18(20-12-11-19-7-5-6-8-21(19)15-20)29-27(31)26-17-30(24-16-22(28)13-14-25(24)34-26)35(32,33)23-9-3-2-4-10-23/h2-4,9-16,18,26H,5-8,17H2,1H3,(H,29,31)/t18-,26-/m0/s1. The maximum Gasteiger partial charge on any atom is 0.264 e. The molecule has 6 nitrogen and oxygen atoms in total. The van der Waals surface area contributed by atoms with Gasteiger partial charge in [-0.05, 0) is 79.6 Å². The van der Waals surface area contributed by atoms with Gasteiger partial charge < -0.3 is 10.1 Å². The predicted octanol–water partition coefficient (Wildman–Crippen LogP) is 5.05. The molecule has 3 aromatic carbocycles. The average molecular weight is 511 g/mol. The number of aryl methyl sites for hydroxylation is 2. The van der Waals surface area contributed by atoms with E-state index in [1.807, 2.05) is 6.92 Å². The molecule has 5 rings (SSSR count). The van der Waals surface area contributed by atoms with Crippen molar-refractivity contribution in [2.45, 2.75) is 49.6 Å². The van der Waals surface area contributed by atoms with Gasteiger partial charge in [-0.2, -0.15) is 0 Å². The molecule has 0 unspecified atom stereocenters. The molecule has 1 N–H and O–H groups in total. The summed E-state index contributed by atoms with van der Waals surface area (Å²) in [6.07, 6.45) is 3.54. The van der Waals surface area contributed by atoms with Crippen molar-refractivity contribution in [3.8, 4) is 5.75 Å². The van der Waals surface area contributed by atoms with E-state index in [1.54, 1.807) is 36.4 Å². The van der Waals surface area contributed by atoms with Gasteiger partial charge in [-0.25, -0.2) is 8.42 Å². The van der Waals surface area contributed by atoms with Crippen LogP contribution in [0.15, 0.2) is 71.6 Å². The van der Waals surface area contributed by atoms with E-state index in [-0.39, 0.29) is 23.4 Å². The Bertz CT molecular complexity index is 1360. The number of halogens is 1. The van der Waals surface area contributed by atoms with Crippen molar-refractivity contribution in [3.05, 3.63) is 88.4 Å². The summed E-state index contributed by atoms with van der Waals surface area (Å²) in [5, 5.41) is 3.39. The Balaban J connectivity index is 1.40. The van der Waals surface area contributed by atoms with Crippen molar-refractivity contribution < 1.29 is 17.9 Å².